The molecular formula is C14H28O6. The van der Waals surface area contributed by atoms with E-state index in [9.17, 15) is 9.90 Å². The standard InChI is InChI=1S/C14H28O6/c1-5-7-9-19-10-8-11(14(17-3)18-4)12(15)13(16)20-6-2/h11-12,14-15H,5-10H2,1-4H3/t11-,12+/m0/s1. The summed E-state index contributed by atoms with van der Waals surface area (Å²) in [6.45, 7) is 5.11. The quantitative estimate of drug-likeness (QED) is 0.332. The first-order valence-corrected chi connectivity index (χ1v) is 7.10. The maximum atomic E-state index is 11.6. The van der Waals surface area contributed by atoms with Crippen molar-refractivity contribution in [1.82, 2.24) is 0 Å². The van der Waals surface area contributed by atoms with E-state index in [2.05, 4.69) is 6.92 Å². The molecule has 0 unspecified atom stereocenters. The Morgan fingerprint density at radius 1 is 1.15 bits per heavy atom. The third kappa shape index (κ3) is 7.19. The summed E-state index contributed by atoms with van der Waals surface area (Å²) in [4.78, 5) is 11.6. The van der Waals surface area contributed by atoms with E-state index >= 15 is 0 Å². The van der Waals surface area contributed by atoms with Crippen LogP contribution in [0.15, 0.2) is 0 Å². The van der Waals surface area contributed by atoms with Crippen molar-refractivity contribution in [2.24, 2.45) is 5.92 Å². The molecule has 0 amide bonds. The summed E-state index contributed by atoms with van der Waals surface area (Å²) in [5, 5.41) is 10.1. The zero-order valence-corrected chi connectivity index (χ0v) is 13.0. The van der Waals surface area contributed by atoms with Gasteiger partial charge >= 0.3 is 5.97 Å². The van der Waals surface area contributed by atoms with Gasteiger partial charge in [-0.05, 0) is 19.8 Å². The van der Waals surface area contributed by atoms with Gasteiger partial charge in [-0.1, -0.05) is 13.3 Å². The van der Waals surface area contributed by atoms with Crippen molar-refractivity contribution in [1.29, 1.82) is 0 Å². The second kappa shape index (κ2) is 12.1. The van der Waals surface area contributed by atoms with Gasteiger partial charge in [-0.25, -0.2) is 4.79 Å². The van der Waals surface area contributed by atoms with Crippen LogP contribution in [-0.2, 0) is 23.7 Å². The fourth-order valence-corrected chi connectivity index (χ4v) is 1.86. The molecule has 0 bridgehead atoms. The van der Waals surface area contributed by atoms with Gasteiger partial charge in [0.1, 0.15) is 0 Å². The van der Waals surface area contributed by atoms with Crippen LogP contribution in [0.3, 0.4) is 0 Å². The molecule has 120 valence electrons. The zero-order valence-electron chi connectivity index (χ0n) is 13.0. The Balaban J connectivity index is 4.43. The molecule has 0 aliphatic heterocycles. The van der Waals surface area contributed by atoms with Crippen LogP contribution < -0.4 is 0 Å². The SMILES string of the molecule is CCCCOCC[C@H](C(OC)OC)[C@@H](O)C(=O)OCC. The molecule has 0 aromatic heterocycles. The second-order valence-corrected chi connectivity index (χ2v) is 4.46. The number of methoxy groups -OCH3 is 2. The normalized spacial score (nSPS) is 14.3. The van der Waals surface area contributed by atoms with Gasteiger partial charge in [0.05, 0.1) is 6.61 Å². The number of unbranched alkanes of at least 4 members (excludes halogenated alkanes) is 1. The lowest BCUT2D eigenvalue weighted by molar-refractivity contribution is -0.185. The van der Waals surface area contributed by atoms with Crippen molar-refractivity contribution in [2.75, 3.05) is 34.0 Å². The number of esters is 1. The first kappa shape index (κ1) is 19.3. The van der Waals surface area contributed by atoms with Crippen LogP contribution in [0.1, 0.15) is 33.1 Å². The Hall–Kier alpha value is -0.690. The van der Waals surface area contributed by atoms with Crippen molar-refractivity contribution in [3.8, 4) is 0 Å². The van der Waals surface area contributed by atoms with Gasteiger partial charge in [0, 0.05) is 33.4 Å². The maximum Gasteiger partial charge on any atom is 0.335 e. The van der Waals surface area contributed by atoms with Crippen LogP contribution in [0.5, 0.6) is 0 Å². The third-order valence-electron chi connectivity index (χ3n) is 2.99. The molecule has 0 saturated carbocycles. The first-order chi connectivity index (χ1) is 9.62. The Morgan fingerprint density at radius 2 is 1.80 bits per heavy atom. The Morgan fingerprint density at radius 3 is 2.30 bits per heavy atom. The number of carbonyl (C=O) groups excluding carboxylic acids is 1. The van der Waals surface area contributed by atoms with E-state index in [1.165, 1.54) is 14.2 Å². The molecule has 0 aliphatic rings. The molecule has 0 aliphatic carbocycles. The molecule has 0 fully saturated rings. The lowest BCUT2D eigenvalue weighted by Gasteiger charge is -2.27. The number of hydrogen-bond donors (Lipinski definition) is 1. The molecule has 20 heavy (non-hydrogen) atoms. The van der Waals surface area contributed by atoms with Crippen LogP contribution in [0, 0.1) is 5.92 Å². The van der Waals surface area contributed by atoms with Crippen LogP contribution >= 0.6 is 0 Å². The predicted molar refractivity (Wildman–Crippen MR) is 74.3 cm³/mol. The lowest BCUT2D eigenvalue weighted by atomic mass is 9.98. The average Bonchev–Trinajstić information content (AvgIpc) is 2.45. The molecule has 0 aromatic carbocycles. The van der Waals surface area contributed by atoms with Gasteiger partial charge in [0.25, 0.3) is 0 Å². The van der Waals surface area contributed by atoms with E-state index in [-0.39, 0.29) is 6.61 Å². The summed E-state index contributed by atoms with van der Waals surface area (Å²) < 4.78 is 20.6. The average molecular weight is 292 g/mol. The fraction of sp³-hybridized carbons (Fsp3) is 0.929. The molecule has 0 heterocycles. The minimum Gasteiger partial charge on any atom is -0.464 e. The monoisotopic (exact) mass is 292 g/mol. The van der Waals surface area contributed by atoms with Crippen LogP contribution in [0.4, 0.5) is 0 Å². The largest absolute Gasteiger partial charge is 0.464 e. The van der Waals surface area contributed by atoms with Gasteiger partial charge < -0.3 is 24.1 Å². The lowest BCUT2D eigenvalue weighted by Crippen LogP contribution is -2.41. The number of aliphatic hydroxyl groups excluding tert-OH is 1. The summed E-state index contributed by atoms with van der Waals surface area (Å²) in [5.41, 5.74) is 0. The molecule has 0 aromatic rings. The van der Waals surface area contributed by atoms with Crippen molar-refractivity contribution in [2.45, 2.75) is 45.5 Å². The predicted octanol–water partition coefficient (Wildman–Crippen LogP) is 1.35. The van der Waals surface area contributed by atoms with Crippen LogP contribution in [-0.4, -0.2) is 57.5 Å². The summed E-state index contributed by atoms with van der Waals surface area (Å²) in [6.07, 6.45) is 0.547. The highest BCUT2D eigenvalue weighted by Gasteiger charge is 2.34. The highest BCUT2D eigenvalue weighted by atomic mass is 16.7. The van der Waals surface area contributed by atoms with Crippen molar-refractivity contribution >= 4 is 5.97 Å². The van der Waals surface area contributed by atoms with E-state index in [4.69, 9.17) is 18.9 Å². The molecule has 0 radical (unpaired) electrons. The minimum atomic E-state index is -1.28. The first-order valence-electron chi connectivity index (χ1n) is 7.10. The molecule has 6 heteroatoms. The Labute approximate surface area is 121 Å². The van der Waals surface area contributed by atoms with Crippen molar-refractivity contribution in [3.05, 3.63) is 0 Å². The highest BCUT2D eigenvalue weighted by molar-refractivity contribution is 5.74. The van der Waals surface area contributed by atoms with Gasteiger partial charge in [-0.15, -0.1) is 0 Å². The van der Waals surface area contributed by atoms with E-state index in [1.807, 2.05) is 0 Å². The Kier molecular flexibility index (Phi) is 11.7. The zero-order chi connectivity index (χ0) is 15.4. The van der Waals surface area contributed by atoms with Crippen LogP contribution in [0.2, 0.25) is 0 Å². The fourth-order valence-electron chi connectivity index (χ4n) is 1.86. The van der Waals surface area contributed by atoms with Gasteiger partial charge in [-0.2, -0.15) is 0 Å². The van der Waals surface area contributed by atoms with Gasteiger partial charge in [0.15, 0.2) is 12.4 Å². The number of hydrogen-bond acceptors (Lipinski definition) is 6. The molecule has 0 rings (SSSR count). The van der Waals surface area contributed by atoms with Gasteiger partial charge in [0.2, 0.25) is 0 Å². The minimum absolute atomic E-state index is 0.222. The summed E-state index contributed by atoms with van der Waals surface area (Å²) in [6, 6.07) is 0. The molecule has 6 nitrogen and oxygen atoms in total. The number of aliphatic hydroxyl groups is 1. The van der Waals surface area contributed by atoms with E-state index in [0.29, 0.717) is 19.6 Å². The molecule has 2 atom stereocenters. The smallest absolute Gasteiger partial charge is 0.335 e. The number of ether oxygens (including phenoxy) is 4. The summed E-state index contributed by atoms with van der Waals surface area (Å²) >= 11 is 0. The molecular weight excluding hydrogens is 264 g/mol. The third-order valence-corrected chi connectivity index (χ3v) is 2.99. The molecule has 0 saturated heterocycles. The topological polar surface area (TPSA) is 74.2 Å². The van der Waals surface area contributed by atoms with E-state index < -0.39 is 24.3 Å². The van der Waals surface area contributed by atoms with Gasteiger partial charge in [-0.3, -0.25) is 0 Å². The number of carbonyl (C=O) groups is 1. The molecule has 1 N–H and O–H groups in total. The van der Waals surface area contributed by atoms with Crippen molar-refractivity contribution in [3.63, 3.8) is 0 Å². The summed E-state index contributed by atoms with van der Waals surface area (Å²) in [7, 11) is 2.94. The van der Waals surface area contributed by atoms with E-state index in [0.717, 1.165) is 12.8 Å². The number of rotatable bonds is 12. The second-order valence-electron chi connectivity index (χ2n) is 4.46. The summed E-state index contributed by atoms with van der Waals surface area (Å²) in [5.74, 6) is -1.18. The van der Waals surface area contributed by atoms with E-state index in [1.54, 1.807) is 6.92 Å². The molecule has 0 spiro atoms. The highest BCUT2D eigenvalue weighted by Crippen LogP contribution is 2.19. The Bertz CT molecular complexity index is 242. The maximum absolute atomic E-state index is 11.6. The van der Waals surface area contributed by atoms with Crippen LogP contribution in [0.25, 0.3) is 0 Å². The van der Waals surface area contributed by atoms with Crippen molar-refractivity contribution < 1.29 is 28.8 Å².